The fraction of sp³-hybridized carbons (Fsp3) is 0.364. The molecule has 0 bridgehead atoms. The van der Waals surface area contributed by atoms with Crippen LogP contribution in [0.1, 0.15) is 33.3 Å². The summed E-state index contributed by atoms with van der Waals surface area (Å²) in [5.41, 5.74) is 1.39. The Hall–Kier alpha value is -1.80. The number of hydrogen-bond acceptors (Lipinski definition) is 1. The SMILES string of the molecule is CCc1cccc2cc3ccccc3c(O[Si](CC)(CC)CC)c12. The molecule has 0 fully saturated rings. The van der Waals surface area contributed by atoms with Gasteiger partial charge in [-0.25, -0.2) is 0 Å². The summed E-state index contributed by atoms with van der Waals surface area (Å²) in [5.74, 6) is 1.14. The Morgan fingerprint density at radius 2 is 1.46 bits per heavy atom. The number of benzene rings is 3. The summed E-state index contributed by atoms with van der Waals surface area (Å²) in [4.78, 5) is 0. The number of hydrogen-bond donors (Lipinski definition) is 0. The van der Waals surface area contributed by atoms with Crippen molar-refractivity contribution in [3.63, 3.8) is 0 Å². The van der Waals surface area contributed by atoms with Crippen molar-refractivity contribution in [2.75, 3.05) is 0 Å². The molecule has 0 atom stereocenters. The summed E-state index contributed by atoms with van der Waals surface area (Å²) in [5, 5.41) is 5.16. The Bertz CT molecular complexity index is 841. The van der Waals surface area contributed by atoms with E-state index in [1.807, 2.05) is 0 Å². The maximum atomic E-state index is 6.96. The minimum atomic E-state index is -1.73. The number of aryl methyl sites for hydroxylation is 1. The van der Waals surface area contributed by atoms with Gasteiger partial charge in [-0.1, -0.05) is 70.2 Å². The Labute approximate surface area is 146 Å². The van der Waals surface area contributed by atoms with Crippen molar-refractivity contribution in [2.45, 2.75) is 52.2 Å². The van der Waals surface area contributed by atoms with Gasteiger partial charge in [0, 0.05) is 10.8 Å². The molecular weight excluding hydrogens is 308 g/mol. The molecule has 1 nitrogen and oxygen atoms in total. The molecule has 0 unspecified atom stereocenters. The predicted molar refractivity (Wildman–Crippen MR) is 109 cm³/mol. The van der Waals surface area contributed by atoms with Gasteiger partial charge >= 0.3 is 0 Å². The largest absolute Gasteiger partial charge is 0.543 e. The molecule has 0 saturated heterocycles. The van der Waals surface area contributed by atoms with Crippen LogP contribution >= 0.6 is 0 Å². The van der Waals surface area contributed by atoms with Crippen LogP contribution in [0.15, 0.2) is 48.5 Å². The van der Waals surface area contributed by atoms with Crippen LogP contribution in [0.3, 0.4) is 0 Å². The van der Waals surface area contributed by atoms with Gasteiger partial charge < -0.3 is 4.43 Å². The lowest BCUT2D eigenvalue weighted by Crippen LogP contribution is -2.39. The highest BCUT2D eigenvalue weighted by Crippen LogP contribution is 2.40. The molecular formula is C22H28OSi. The summed E-state index contributed by atoms with van der Waals surface area (Å²) in [6.45, 7) is 9.13. The molecule has 3 aromatic rings. The molecule has 0 saturated carbocycles. The van der Waals surface area contributed by atoms with Crippen molar-refractivity contribution >= 4 is 29.9 Å². The quantitative estimate of drug-likeness (QED) is 0.350. The zero-order valence-corrected chi connectivity index (χ0v) is 16.4. The molecule has 126 valence electrons. The Balaban J connectivity index is 2.36. The van der Waals surface area contributed by atoms with Gasteiger partial charge in [-0.3, -0.25) is 0 Å². The van der Waals surface area contributed by atoms with Gasteiger partial charge in [0.2, 0.25) is 0 Å². The minimum Gasteiger partial charge on any atom is -0.543 e. The van der Waals surface area contributed by atoms with Gasteiger partial charge in [-0.2, -0.15) is 0 Å². The second-order valence-electron chi connectivity index (χ2n) is 6.64. The van der Waals surface area contributed by atoms with Crippen molar-refractivity contribution in [1.82, 2.24) is 0 Å². The van der Waals surface area contributed by atoms with Gasteiger partial charge in [0.15, 0.2) is 0 Å². The van der Waals surface area contributed by atoms with E-state index in [9.17, 15) is 0 Å². The van der Waals surface area contributed by atoms with E-state index in [-0.39, 0.29) is 0 Å². The lowest BCUT2D eigenvalue weighted by molar-refractivity contribution is 0.543. The van der Waals surface area contributed by atoms with E-state index in [0.717, 1.165) is 12.2 Å². The third-order valence-electron chi connectivity index (χ3n) is 5.56. The monoisotopic (exact) mass is 336 g/mol. The van der Waals surface area contributed by atoms with E-state index < -0.39 is 8.32 Å². The van der Waals surface area contributed by atoms with Crippen LogP contribution in [0, 0.1) is 0 Å². The van der Waals surface area contributed by atoms with E-state index in [4.69, 9.17) is 4.43 Å². The average Bonchev–Trinajstić information content (AvgIpc) is 2.65. The smallest absolute Gasteiger partial charge is 0.250 e. The van der Waals surface area contributed by atoms with Crippen molar-refractivity contribution in [3.8, 4) is 5.75 Å². The third kappa shape index (κ3) is 2.84. The Morgan fingerprint density at radius 1 is 0.792 bits per heavy atom. The molecule has 3 aromatic carbocycles. The maximum Gasteiger partial charge on any atom is 0.250 e. The predicted octanol–water partition coefficient (Wildman–Crippen LogP) is 6.94. The van der Waals surface area contributed by atoms with Crippen molar-refractivity contribution in [1.29, 1.82) is 0 Å². The maximum absolute atomic E-state index is 6.96. The lowest BCUT2D eigenvalue weighted by atomic mass is 9.97. The summed E-state index contributed by atoms with van der Waals surface area (Å²) in [6.07, 6.45) is 1.03. The second-order valence-corrected chi connectivity index (χ2v) is 11.3. The molecule has 0 amide bonds. The Kier molecular flexibility index (Phi) is 4.95. The molecule has 0 N–H and O–H groups in total. The van der Waals surface area contributed by atoms with Crippen LogP contribution in [-0.2, 0) is 6.42 Å². The van der Waals surface area contributed by atoms with Crippen LogP contribution in [0.2, 0.25) is 18.1 Å². The number of rotatable bonds is 6. The van der Waals surface area contributed by atoms with Crippen molar-refractivity contribution in [2.24, 2.45) is 0 Å². The van der Waals surface area contributed by atoms with Crippen LogP contribution < -0.4 is 4.43 Å². The van der Waals surface area contributed by atoms with Crippen LogP contribution in [-0.4, -0.2) is 8.32 Å². The molecule has 0 aromatic heterocycles. The van der Waals surface area contributed by atoms with Crippen molar-refractivity contribution < 1.29 is 4.43 Å². The molecule has 0 aliphatic heterocycles. The van der Waals surface area contributed by atoms with Gasteiger partial charge in [0.1, 0.15) is 5.75 Å². The van der Waals surface area contributed by atoms with Crippen molar-refractivity contribution in [3.05, 3.63) is 54.1 Å². The zero-order valence-electron chi connectivity index (χ0n) is 15.4. The van der Waals surface area contributed by atoms with Crippen LogP contribution in [0.5, 0.6) is 5.75 Å². The molecule has 24 heavy (non-hydrogen) atoms. The second kappa shape index (κ2) is 6.98. The minimum absolute atomic E-state index is 1.03. The fourth-order valence-electron chi connectivity index (χ4n) is 3.73. The first kappa shape index (κ1) is 17.0. The highest BCUT2D eigenvalue weighted by atomic mass is 28.4. The number of fused-ring (bicyclic) bond motifs is 2. The average molecular weight is 337 g/mol. The first-order valence-electron chi connectivity index (χ1n) is 9.30. The first-order chi connectivity index (χ1) is 11.7. The van der Waals surface area contributed by atoms with E-state index in [0.29, 0.717) is 0 Å². The van der Waals surface area contributed by atoms with Gasteiger partial charge in [0.05, 0.1) is 0 Å². The lowest BCUT2D eigenvalue weighted by Gasteiger charge is -2.31. The van der Waals surface area contributed by atoms with Crippen LogP contribution in [0.25, 0.3) is 21.5 Å². The molecule has 0 heterocycles. The van der Waals surface area contributed by atoms with Crippen LogP contribution in [0.4, 0.5) is 0 Å². The van der Waals surface area contributed by atoms with Gasteiger partial charge in [0.25, 0.3) is 8.32 Å². The topological polar surface area (TPSA) is 9.23 Å². The highest BCUT2D eigenvalue weighted by Gasteiger charge is 2.32. The molecule has 2 heteroatoms. The van der Waals surface area contributed by atoms with E-state index in [2.05, 4.69) is 76.2 Å². The summed E-state index contributed by atoms with van der Waals surface area (Å²) in [6, 6.07) is 21.1. The standard InChI is InChI=1S/C22H28OSi/c1-5-17-13-11-14-19-16-18-12-9-10-15-20(18)22(21(17)19)23-24(6-2,7-3)8-4/h9-16H,5-8H2,1-4H3. The Morgan fingerprint density at radius 3 is 2.12 bits per heavy atom. The molecule has 0 aliphatic carbocycles. The molecule has 3 rings (SSSR count). The fourth-order valence-corrected chi connectivity index (χ4v) is 6.31. The summed E-state index contributed by atoms with van der Waals surface area (Å²) < 4.78 is 6.96. The highest BCUT2D eigenvalue weighted by molar-refractivity contribution is 6.74. The summed E-state index contributed by atoms with van der Waals surface area (Å²) in [7, 11) is -1.73. The normalized spacial score (nSPS) is 12.0. The first-order valence-corrected chi connectivity index (χ1v) is 11.8. The van der Waals surface area contributed by atoms with Gasteiger partial charge in [-0.05, 0) is 47.0 Å². The van der Waals surface area contributed by atoms with Gasteiger partial charge in [-0.15, -0.1) is 0 Å². The van der Waals surface area contributed by atoms with E-state index in [1.165, 1.54) is 45.2 Å². The third-order valence-corrected chi connectivity index (χ3v) is 10.1. The van der Waals surface area contributed by atoms with E-state index in [1.54, 1.807) is 0 Å². The molecule has 0 spiro atoms. The van der Waals surface area contributed by atoms with E-state index >= 15 is 0 Å². The zero-order chi connectivity index (χ0) is 17.2. The summed E-state index contributed by atoms with van der Waals surface area (Å²) >= 11 is 0. The molecule has 0 aliphatic rings. The molecule has 0 radical (unpaired) electrons.